The van der Waals surface area contributed by atoms with Gasteiger partial charge in [0.1, 0.15) is 7.05 Å². The van der Waals surface area contributed by atoms with Crippen LogP contribution in [0.4, 0.5) is 5.69 Å². The zero-order chi connectivity index (χ0) is 13.0. The maximum atomic E-state index is 2.16. The molecule has 0 amide bonds. The number of hydrogen-bond donors (Lipinski definition) is 0. The van der Waals surface area contributed by atoms with Crippen LogP contribution in [0.5, 0.6) is 0 Å². The van der Waals surface area contributed by atoms with Gasteiger partial charge in [-0.25, -0.2) is 4.57 Å². The lowest BCUT2D eigenvalue weighted by molar-refractivity contribution is -0.671. The van der Waals surface area contributed by atoms with Crippen LogP contribution in [-0.2, 0) is 7.05 Å². The second-order valence-electron chi connectivity index (χ2n) is 4.58. The lowest BCUT2D eigenvalue weighted by Crippen LogP contribution is -2.25. The number of anilines is 1. The van der Waals surface area contributed by atoms with E-state index < -0.39 is 0 Å². The summed E-state index contributed by atoms with van der Waals surface area (Å²) >= 11 is 0. The van der Waals surface area contributed by atoms with Gasteiger partial charge in [0.05, 0.1) is 0 Å². The third-order valence-corrected chi connectivity index (χ3v) is 2.88. The lowest BCUT2D eigenvalue weighted by Gasteiger charge is -2.15. The zero-order valence-corrected chi connectivity index (χ0v) is 11.2. The normalized spacial score (nSPS) is 10.8. The van der Waals surface area contributed by atoms with E-state index in [4.69, 9.17) is 0 Å². The Hall–Kier alpha value is -2.09. The Balaban J connectivity index is 2.26. The molecule has 92 valence electrons. The molecule has 0 unspecified atom stereocenters. The van der Waals surface area contributed by atoms with E-state index in [1.807, 2.05) is 11.6 Å². The van der Waals surface area contributed by atoms with Gasteiger partial charge in [-0.05, 0) is 17.2 Å². The van der Waals surface area contributed by atoms with Crippen molar-refractivity contribution in [2.75, 3.05) is 19.0 Å². The summed E-state index contributed by atoms with van der Waals surface area (Å²) in [7, 11) is 6.15. The first-order chi connectivity index (χ1) is 8.66. The average Bonchev–Trinajstić information content (AvgIpc) is 2.38. The summed E-state index contributed by atoms with van der Waals surface area (Å²) in [6, 6.07) is 12.6. The van der Waals surface area contributed by atoms with Gasteiger partial charge in [0.25, 0.3) is 0 Å². The first-order valence-electron chi connectivity index (χ1n) is 6.06. The molecule has 0 atom stereocenters. The Labute approximate surface area is 109 Å². The summed E-state index contributed by atoms with van der Waals surface area (Å²) in [4.78, 5) is 2.13. The van der Waals surface area contributed by atoms with E-state index in [0.717, 1.165) is 0 Å². The summed E-state index contributed by atoms with van der Waals surface area (Å²) in [6.07, 6.45) is 8.40. The standard InChI is InChI=1S/C16H19N2/c1-17(2)16-7-5-4-6-15(16)9-8-14-10-12-18(3)13-11-14/h4-13H,1-3H3/q+1. The van der Waals surface area contributed by atoms with E-state index >= 15 is 0 Å². The molecule has 0 spiro atoms. The highest BCUT2D eigenvalue weighted by atomic mass is 15.1. The van der Waals surface area contributed by atoms with Gasteiger partial charge in [-0.1, -0.05) is 30.4 Å². The topological polar surface area (TPSA) is 7.12 Å². The molecule has 0 radical (unpaired) electrons. The number of pyridine rings is 1. The van der Waals surface area contributed by atoms with Gasteiger partial charge in [0.15, 0.2) is 12.4 Å². The fourth-order valence-corrected chi connectivity index (χ4v) is 1.85. The third-order valence-electron chi connectivity index (χ3n) is 2.88. The van der Waals surface area contributed by atoms with E-state index in [9.17, 15) is 0 Å². The van der Waals surface area contributed by atoms with Crippen molar-refractivity contribution in [3.8, 4) is 0 Å². The molecule has 0 saturated carbocycles. The zero-order valence-electron chi connectivity index (χ0n) is 11.2. The fraction of sp³-hybridized carbons (Fsp3) is 0.188. The number of aryl methyl sites for hydroxylation is 1. The Bertz CT molecular complexity index is 539. The second kappa shape index (κ2) is 5.50. The number of para-hydroxylation sites is 1. The van der Waals surface area contributed by atoms with Crippen LogP contribution in [0.3, 0.4) is 0 Å². The lowest BCUT2D eigenvalue weighted by atomic mass is 10.1. The van der Waals surface area contributed by atoms with Crippen LogP contribution in [-0.4, -0.2) is 14.1 Å². The molecule has 0 saturated heterocycles. The van der Waals surface area contributed by atoms with Crippen LogP contribution >= 0.6 is 0 Å². The minimum atomic E-state index is 1.21. The van der Waals surface area contributed by atoms with Crippen molar-refractivity contribution < 1.29 is 4.57 Å². The van der Waals surface area contributed by atoms with E-state index in [-0.39, 0.29) is 0 Å². The maximum Gasteiger partial charge on any atom is 0.169 e. The number of benzene rings is 1. The van der Waals surface area contributed by atoms with E-state index in [1.165, 1.54) is 16.8 Å². The molecule has 1 aromatic carbocycles. The average molecular weight is 239 g/mol. The van der Waals surface area contributed by atoms with Gasteiger partial charge >= 0.3 is 0 Å². The van der Waals surface area contributed by atoms with Crippen molar-refractivity contribution in [2.24, 2.45) is 7.05 Å². The van der Waals surface area contributed by atoms with Crippen molar-refractivity contribution in [1.82, 2.24) is 0 Å². The van der Waals surface area contributed by atoms with Crippen LogP contribution in [0.2, 0.25) is 0 Å². The highest BCUT2D eigenvalue weighted by Crippen LogP contribution is 2.20. The molecule has 2 heteroatoms. The van der Waals surface area contributed by atoms with Crippen LogP contribution in [0.25, 0.3) is 12.2 Å². The van der Waals surface area contributed by atoms with Crippen molar-refractivity contribution >= 4 is 17.8 Å². The number of hydrogen-bond acceptors (Lipinski definition) is 1. The summed E-state index contributed by atoms with van der Waals surface area (Å²) in [5, 5.41) is 0. The molecule has 0 N–H and O–H groups in total. The van der Waals surface area contributed by atoms with Gasteiger partial charge in [0, 0.05) is 31.9 Å². The fourth-order valence-electron chi connectivity index (χ4n) is 1.85. The molecule has 18 heavy (non-hydrogen) atoms. The summed E-state index contributed by atoms with van der Waals surface area (Å²) < 4.78 is 2.03. The van der Waals surface area contributed by atoms with E-state index in [2.05, 4.69) is 79.9 Å². The van der Waals surface area contributed by atoms with Crippen LogP contribution in [0.1, 0.15) is 11.1 Å². The smallest absolute Gasteiger partial charge is 0.169 e. The van der Waals surface area contributed by atoms with Gasteiger partial charge in [-0.3, -0.25) is 0 Å². The Morgan fingerprint density at radius 3 is 2.28 bits per heavy atom. The Morgan fingerprint density at radius 1 is 0.944 bits per heavy atom. The highest BCUT2D eigenvalue weighted by molar-refractivity contribution is 5.76. The first kappa shape index (κ1) is 12.4. The SMILES string of the molecule is CN(C)c1ccccc1/C=C/c1cc[n+](C)cc1. The van der Waals surface area contributed by atoms with Crippen molar-refractivity contribution in [3.05, 3.63) is 59.9 Å². The molecule has 0 bridgehead atoms. The molecule has 1 heterocycles. The molecular weight excluding hydrogens is 220 g/mol. The quantitative estimate of drug-likeness (QED) is 0.747. The molecule has 2 aromatic rings. The largest absolute Gasteiger partial charge is 0.377 e. The van der Waals surface area contributed by atoms with Crippen LogP contribution < -0.4 is 9.47 Å². The molecular formula is C16H19N2+. The summed E-state index contributed by atoms with van der Waals surface area (Å²) in [5.74, 6) is 0. The monoisotopic (exact) mass is 239 g/mol. The number of rotatable bonds is 3. The minimum Gasteiger partial charge on any atom is -0.377 e. The summed E-state index contributed by atoms with van der Waals surface area (Å²) in [5.41, 5.74) is 3.67. The molecule has 2 rings (SSSR count). The summed E-state index contributed by atoms with van der Waals surface area (Å²) in [6.45, 7) is 0. The molecule has 0 fully saturated rings. The maximum absolute atomic E-state index is 2.16. The van der Waals surface area contributed by atoms with Crippen molar-refractivity contribution in [1.29, 1.82) is 0 Å². The minimum absolute atomic E-state index is 1.21. The predicted molar refractivity (Wildman–Crippen MR) is 77.3 cm³/mol. The van der Waals surface area contributed by atoms with Gasteiger partial charge in [0.2, 0.25) is 0 Å². The van der Waals surface area contributed by atoms with Gasteiger partial charge in [-0.15, -0.1) is 0 Å². The molecule has 0 aliphatic carbocycles. The molecule has 0 aliphatic heterocycles. The van der Waals surface area contributed by atoms with Crippen molar-refractivity contribution in [2.45, 2.75) is 0 Å². The van der Waals surface area contributed by atoms with E-state index in [1.54, 1.807) is 0 Å². The first-order valence-corrected chi connectivity index (χ1v) is 6.06. The highest BCUT2D eigenvalue weighted by Gasteiger charge is 1.99. The third kappa shape index (κ3) is 2.98. The Kier molecular flexibility index (Phi) is 3.78. The number of aromatic nitrogens is 1. The Morgan fingerprint density at radius 2 is 1.61 bits per heavy atom. The second-order valence-corrected chi connectivity index (χ2v) is 4.58. The van der Waals surface area contributed by atoms with E-state index in [0.29, 0.717) is 0 Å². The van der Waals surface area contributed by atoms with Gasteiger partial charge in [-0.2, -0.15) is 0 Å². The molecule has 0 aliphatic rings. The number of nitrogens with zero attached hydrogens (tertiary/aromatic N) is 2. The van der Waals surface area contributed by atoms with Gasteiger partial charge < -0.3 is 4.90 Å². The molecule has 2 nitrogen and oxygen atoms in total. The van der Waals surface area contributed by atoms with Crippen LogP contribution in [0.15, 0.2) is 48.8 Å². The predicted octanol–water partition coefficient (Wildman–Crippen LogP) is 2.75. The van der Waals surface area contributed by atoms with Crippen LogP contribution in [0, 0.1) is 0 Å². The van der Waals surface area contributed by atoms with Crippen molar-refractivity contribution in [3.63, 3.8) is 0 Å². The molecule has 1 aromatic heterocycles.